The summed E-state index contributed by atoms with van der Waals surface area (Å²) < 4.78 is 0. The maximum Gasteiger partial charge on any atom is 0.129 e. The first kappa shape index (κ1) is 11.6. The highest BCUT2D eigenvalue weighted by molar-refractivity contribution is 7.99. The molecule has 3 N–H and O–H groups in total. The molecule has 16 heavy (non-hydrogen) atoms. The third kappa shape index (κ3) is 1.98. The van der Waals surface area contributed by atoms with Crippen molar-refractivity contribution in [2.45, 2.75) is 42.5 Å². The minimum atomic E-state index is 0.248. The van der Waals surface area contributed by atoms with Crippen molar-refractivity contribution in [1.29, 1.82) is 0 Å². The van der Waals surface area contributed by atoms with Crippen LogP contribution in [0.3, 0.4) is 0 Å². The fraction of sp³-hybridized carbons (Fsp3) is 1.00. The topological polar surface area (TPSA) is 39.3 Å². The van der Waals surface area contributed by atoms with Gasteiger partial charge in [-0.05, 0) is 25.0 Å². The van der Waals surface area contributed by atoms with Crippen molar-refractivity contribution in [2.75, 3.05) is 12.8 Å². The van der Waals surface area contributed by atoms with E-state index < -0.39 is 0 Å². The second-order valence-electron chi connectivity index (χ2n) is 4.87. The molecule has 6 heteroatoms. The number of halogens is 1. The van der Waals surface area contributed by atoms with Crippen molar-refractivity contribution >= 4 is 23.4 Å². The molecule has 2 heterocycles. The van der Waals surface area contributed by atoms with Crippen LogP contribution >= 0.6 is 23.4 Å². The molecular weight excluding hydrogens is 244 g/mol. The molecule has 0 radical (unpaired) electrons. The zero-order chi connectivity index (χ0) is 11.1. The van der Waals surface area contributed by atoms with E-state index in [-0.39, 0.29) is 6.29 Å². The Morgan fingerprint density at radius 3 is 3.00 bits per heavy atom. The first-order valence-corrected chi connectivity index (χ1v) is 7.72. The van der Waals surface area contributed by atoms with E-state index in [1.165, 1.54) is 12.8 Å². The Labute approximate surface area is 106 Å². The summed E-state index contributed by atoms with van der Waals surface area (Å²) >= 11 is 8.21. The van der Waals surface area contributed by atoms with Crippen LogP contribution in [0, 0.1) is 5.92 Å². The normalized spacial score (nSPS) is 48.8. The van der Waals surface area contributed by atoms with Gasteiger partial charge in [0.1, 0.15) is 11.8 Å². The monoisotopic (exact) mass is 262 g/mol. The Morgan fingerprint density at radius 2 is 2.19 bits per heavy atom. The predicted octanol–water partition coefficient (Wildman–Crippen LogP) is 0.706. The van der Waals surface area contributed by atoms with Crippen molar-refractivity contribution in [3.63, 3.8) is 0 Å². The van der Waals surface area contributed by atoms with E-state index in [1.807, 2.05) is 0 Å². The molecule has 1 aliphatic carbocycles. The van der Waals surface area contributed by atoms with Crippen LogP contribution in [-0.4, -0.2) is 41.0 Å². The number of thioether (sulfide) groups is 1. The lowest BCUT2D eigenvalue weighted by molar-refractivity contribution is 0.0350. The summed E-state index contributed by atoms with van der Waals surface area (Å²) in [5, 5.41) is 9.73. The van der Waals surface area contributed by atoms with Gasteiger partial charge in [0.2, 0.25) is 0 Å². The smallest absolute Gasteiger partial charge is 0.129 e. The first-order chi connectivity index (χ1) is 7.78. The zero-order valence-corrected chi connectivity index (χ0v) is 11.0. The van der Waals surface area contributed by atoms with Gasteiger partial charge in [0, 0.05) is 18.0 Å². The van der Waals surface area contributed by atoms with Crippen molar-refractivity contribution in [3.8, 4) is 0 Å². The minimum Gasteiger partial charge on any atom is -0.284 e. The maximum atomic E-state index is 6.42. The molecule has 92 valence electrons. The van der Waals surface area contributed by atoms with E-state index in [2.05, 4.69) is 27.3 Å². The number of hydrogen-bond acceptors (Lipinski definition) is 5. The molecule has 0 amide bonds. The van der Waals surface area contributed by atoms with Crippen LogP contribution < -0.4 is 16.1 Å². The van der Waals surface area contributed by atoms with E-state index in [4.69, 9.17) is 11.6 Å². The summed E-state index contributed by atoms with van der Waals surface area (Å²) in [6.45, 7) is 1.11. The average molecular weight is 263 g/mol. The molecule has 0 aromatic rings. The van der Waals surface area contributed by atoms with Gasteiger partial charge in [0.25, 0.3) is 0 Å². The Kier molecular flexibility index (Phi) is 3.35. The standard InChI is InChI=1S/C10H19ClN4S/c1-16-10-13-9-12-8-6(5-15(9)14-10)3-2-4-7(8)11/h6-10,12-14H,2-5H2,1H3. The van der Waals surface area contributed by atoms with Crippen LogP contribution in [0.5, 0.6) is 0 Å². The molecule has 0 aromatic carbocycles. The van der Waals surface area contributed by atoms with E-state index in [1.54, 1.807) is 11.8 Å². The number of alkyl halides is 1. The number of hydrogen-bond donors (Lipinski definition) is 3. The molecule has 5 unspecified atom stereocenters. The van der Waals surface area contributed by atoms with Crippen LogP contribution in [0.25, 0.3) is 0 Å². The van der Waals surface area contributed by atoms with Gasteiger partial charge < -0.3 is 0 Å². The number of fused-ring (bicyclic) bond motifs is 2. The van der Waals surface area contributed by atoms with Gasteiger partial charge in [-0.25, -0.2) is 10.4 Å². The molecular formula is C10H19ClN4S. The maximum absolute atomic E-state index is 6.42. The SMILES string of the molecule is CSC1NC2NC3C(Cl)CCCC3CN2N1. The fourth-order valence-electron chi connectivity index (χ4n) is 3.02. The van der Waals surface area contributed by atoms with E-state index in [0.717, 1.165) is 13.0 Å². The van der Waals surface area contributed by atoms with Gasteiger partial charge in [0.05, 0.1) is 0 Å². The van der Waals surface area contributed by atoms with Crippen LogP contribution in [0.4, 0.5) is 0 Å². The van der Waals surface area contributed by atoms with Gasteiger partial charge >= 0.3 is 0 Å². The predicted molar refractivity (Wildman–Crippen MR) is 68.0 cm³/mol. The number of hydrazine groups is 1. The quantitative estimate of drug-likeness (QED) is 0.607. The van der Waals surface area contributed by atoms with E-state index in [9.17, 15) is 0 Å². The highest BCUT2D eigenvalue weighted by atomic mass is 35.5. The number of nitrogens with one attached hydrogen (secondary N) is 3. The first-order valence-electron chi connectivity index (χ1n) is 5.99. The van der Waals surface area contributed by atoms with Gasteiger partial charge in [-0.15, -0.1) is 23.4 Å². The molecule has 2 saturated heterocycles. The molecule has 0 aromatic heterocycles. The third-order valence-corrected chi connectivity index (χ3v) is 5.08. The molecule has 5 atom stereocenters. The van der Waals surface area contributed by atoms with Crippen LogP contribution in [-0.2, 0) is 0 Å². The molecule has 4 nitrogen and oxygen atoms in total. The molecule has 3 aliphatic rings. The van der Waals surface area contributed by atoms with Gasteiger partial charge in [-0.2, -0.15) is 0 Å². The Hall–Kier alpha value is 0.480. The molecule has 3 fully saturated rings. The highest BCUT2D eigenvalue weighted by Crippen LogP contribution is 2.32. The number of nitrogens with zero attached hydrogens (tertiary/aromatic N) is 1. The van der Waals surface area contributed by atoms with E-state index >= 15 is 0 Å². The Balaban J connectivity index is 1.69. The average Bonchev–Trinajstić information content (AvgIpc) is 2.69. The Morgan fingerprint density at radius 1 is 1.31 bits per heavy atom. The molecule has 3 rings (SSSR count). The highest BCUT2D eigenvalue weighted by Gasteiger charge is 2.43. The second kappa shape index (κ2) is 4.63. The number of rotatable bonds is 1. The van der Waals surface area contributed by atoms with Gasteiger partial charge in [0.15, 0.2) is 0 Å². The van der Waals surface area contributed by atoms with Gasteiger partial charge in [-0.3, -0.25) is 10.6 Å². The van der Waals surface area contributed by atoms with Crippen LogP contribution in [0.2, 0.25) is 0 Å². The Bertz CT molecular complexity index is 267. The molecule has 1 saturated carbocycles. The summed E-state index contributed by atoms with van der Waals surface area (Å²) in [4.78, 5) is 0. The summed E-state index contributed by atoms with van der Waals surface area (Å²) in [6.07, 6.45) is 6.09. The summed E-state index contributed by atoms with van der Waals surface area (Å²) in [7, 11) is 0. The third-order valence-electron chi connectivity index (χ3n) is 3.87. The second-order valence-corrected chi connectivity index (χ2v) is 6.37. The summed E-state index contributed by atoms with van der Waals surface area (Å²) in [5.41, 5.74) is 3.80. The minimum absolute atomic E-state index is 0.248. The molecule has 0 bridgehead atoms. The lowest BCUT2D eigenvalue weighted by atomic mass is 9.83. The van der Waals surface area contributed by atoms with Crippen molar-refractivity contribution in [2.24, 2.45) is 5.92 Å². The van der Waals surface area contributed by atoms with Crippen molar-refractivity contribution in [3.05, 3.63) is 0 Å². The lowest BCUT2D eigenvalue weighted by Crippen LogP contribution is -2.65. The van der Waals surface area contributed by atoms with Gasteiger partial charge in [-0.1, -0.05) is 6.42 Å². The van der Waals surface area contributed by atoms with Crippen molar-refractivity contribution < 1.29 is 0 Å². The summed E-state index contributed by atoms with van der Waals surface area (Å²) in [6, 6.07) is 0.478. The largest absolute Gasteiger partial charge is 0.284 e. The molecule has 2 aliphatic heterocycles. The fourth-order valence-corrected chi connectivity index (χ4v) is 3.96. The molecule has 0 spiro atoms. The van der Waals surface area contributed by atoms with Crippen LogP contribution in [0.15, 0.2) is 0 Å². The summed E-state index contributed by atoms with van der Waals surface area (Å²) in [5.74, 6) is 0.697. The van der Waals surface area contributed by atoms with E-state index in [0.29, 0.717) is 22.8 Å². The zero-order valence-electron chi connectivity index (χ0n) is 9.45. The van der Waals surface area contributed by atoms with Crippen LogP contribution in [0.1, 0.15) is 19.3 Å². The van der Waals surface area contributed by atoms with Crippen molar-refractivity contribution in [1.82, 2.24) is 21.1 Å². The lowest BCUT2D eigenvalue weighted by Gasteiger charge is -2.45.